The second kappa shape index (κ2) is 6.85. The Kier molecular flexibility index (Phi) is 5.44. The first-order valence-electron chi connectivity index (χ1n) is 5.48. The van der Waals surface area contributed by atoms with Gasteiger partial charge in [0.1, 0.15) is 0 Å². The second-order valence-corrected chi connectivity index (χ2v) is 3.65. The van der Waals surface area contributed by atoms with Crippen LogP contribution in [0.1, 0.15) is 25.5 Å². The first-order valence-corrected chi connectivity index (χ1v) is 5.89. The minimum Gasteiger partial charge on any atom is -0.465 e. The molecule has 0 saturated heterocycles. The summed E-state index contributed by atoms with van der Waals surface area (Å²) in [5.74, 6) is -2.50. The molecule has 0 saturated carbocycles. The van der Waals surface area contributed by atoms with Crippen LogP contribution in [0, 0.1) is 4.77 Å². The zero-order valence-corrected chi connectivity index (χ0v) is 11.0. The Balaban J connectivity index is 3.07. The molecule has 7 heteroatoms. The van der Waals surface area contributed by atoms with Crippen LogP contribution in [-0.4, -0.2) is 35.1 Å². The highest BCUT2D eigenvalue weighted by atomic mass is 32.1. The minimum absolute atomic E-state index is 0.181. The van der Waals surface area contributed by atoms with Crippen molar-refractivity contribution in [1.29, 1.82) is 0 Å². The van der Waals surface area contributed by atoms with Crippen LogP contribution in [0.3, 0.4) is 0 Å². The highest BCUT2D eigenvalue weighted by Gasteiger charge is 2.32. The Morgan fingerprint density at radius 3 is 2.33 bits per heavy atom. The molecule has 0 aliphatic rings. The number of carbonyl (C=O) groups is 2. The summed E-state index contributed by atoms with van der Waals surface area (Å²) in [6.45, 7) is 3.69. The molecule has 0 aromatic carbocycles. The molecule has 1 heterocycles. The summed E-state index contributed by atoms with van der Waals surface area (Å²) < 4.78 is 9.89. The molecule has 0 bridgehead atoms. The predicted octanol–water partition coefficient (Wildman–Crippen LogP) is 1.35. The van der Waals surface area contributed by atoms with Crippen molar-refractivity contribution in [3.63, 3.8) is 0 Å². The number of nitrogens with zero attached hydrogens (tertiary/aromatic N) is 1. The van der Waals surface area contributed by atoms with E-state index in [0.717, 1.165) is 0 Å². The summed E-state index contributed by atoms with van der Waals surface area (Å²) in [7, 11) is 0. The molecule has 6 nitrogen and oxygen atoms in total. The van der Waals surface area contributed by atoms with E-state index in [-0.39, 0.29) is 18.0 Å². The molecule has 0 amide bonds. The summed E-state index contributed by atoms with van der Waals surface area (Å²) in [5.41, 5.74) is 0.312. The molecule has 0 spiro atoms. The standard InChI is InChI=1S/C11H14N2O4S/c1-3-16-9(14)8(10(15)17-4-2)7-5-6-12-11(18)13-7/h5-6,8H,3-4H2,1-2H3,(H,12,13,18). The lowest BCUT2D eigenvalue weighted by molar-refractivity contribution is -0.157. The minimum atomic E-state index is -1.16. The third-order valence-corrected chi connectivity index (χ3v) is 2.26. The summed E-state index contributed by atoms with van der Waals surface area (Å²) in [5, 5.41) is 0. The van der Waals surface area contributed by atoms with E-state index in [4.69, 9.17) is 21.7 Å². The average Bonchev–Trinajstić information content (AvgIpc) is 2.30. The van der Waals surface area contributed by atoms with Gasteiger partial charge in [0.2, 0.25) is 0 Å². The summed E-state index contributed by atoms with van der Waals surface area (Å²) in [4.78, 5) is 30.0. The Morgan fingerprint density at radius 1 is 1.33 bits per heavy atom. The zero-order valence-electron chi connectivity index (χ0n) is 10.1. The predicted molar refractivity (Wildman–Crippen MR) is 65.4 cm³/mol. The molecule has 0 unspecified atom stereocenters. The number of aromatic nitrogens is 2. The van der Waals surface area contributed by atoms with Gasteiger partial charge >= 0.3 is 11.9 Å². The number of hydrogen-bond donors (Lipinski definition) is 1. The van der Waals surface area contributed by atoms with E-state index in [1.165, 1.54) is 12.3 Å². The fourth-order valence-corrected chi connectivity index (χ4v) is 1.53. The summed E-state index contributed by atoms with van der Waals surface area (Å²) in [6, 6.07) is 1.49. The SMILES string of the molecule is CCOC(=O)C(C(=O)OCC)c1ccnc(=S)[nH]1. The molecule has 0 aliphatic heterocycles. The number of ether oxygens (including phenoxy) is 2. The first kappa shape index (κ1) is 14.3. The zero-order chi connectivity index (χ0) is 13.5. The lowest BCUT2D eigenvalue weighted by Crippen LogP contribution is -2.27. The van der Waals surface area contributed by atoms with E-state index in [2.05, 4.69) is 9.97 Å². The number of nitrogens with one attached hydrogen (secondary N) is 1. The lowest BCUT2D eigenvalue weighted by atomic mass is 10.1. The molecule has 1 N–H and O–H groups in total. The van der Waals surface area contributed by atoms with Gasteiger partial charge in [-0.15, -0.1) is 0 Å². The molecule has 1 aromatic heterocycles. The summed E-state index contributed by atoms with van der Waals surface area (Å²) in [6.07, 6.45) is 1.42. The van der Waals surface area contributed by atoms with E-state index < -0.39 is 17.9 Å². The third-order valence-electron chi connectivity index (χ3n) is 2.05. The Bertz CT molecular complexity index is 468. The van der Waals surface area contributed by atoms with Crippen LogP contribution >= 0.6 is 12.2 Å². The van der Waals surface area contributed by atoms with Crippen LogP contribution in [0.4, 0.5) is 0 Å². The van der Waals surface area contributed by atoms with Crippen molar-refractivity contribution in [2.75, 3.05) is 13.2 Å². The lowest BCUT2D eigenvalue weighted by Gasteiger charge is -2.14. The van der Waals surface area contributed by atoms with Crippen LogP contribution in [0.25, 0.3) is 0 Å². The van der Waals surface area contributed by atoms with Crippen molar-refractivity contribution in [3.05, 3.63) is 22.7 Å². The van der Waals surface area contributed by atoms with Gasteiger partial charge in [-0.25, -0.2) is 4.98 Å². The molecule has 0 aliphatic carbocycles. The number of carbonyl (C=O) groups excluding carboxylic acids is 2. The van der Waals surface area contributed by atoms with E-state index in [9.17, 15) is 9.59 Å². The van der Waals surface area contributed by atoms with Crippen LogP contribution in [0.15, 0.2) is 12.3 Å². The van der Waals surface area contributed by atoms with Gasteiger partial charge in [0.25, 0.3) is 0 Å². The van der Waals surface area contributed by atoms with Crippen LogP contribution in [0.2, 0.25) is 0 Å². The molecular formula is C11H14N2O4S. The normalized spacial score (nSPS) is 10.2. The first-order chi connectivity index (χ1) is 8.60. The maximum Gasteiger partial charge on any atom is 0.326 e. The molecule has 18 heavy (non-hydrogen) atoms. The van der Waals surface area contributed by atoms with Crippen LogP contribution < -0.4 is 0 Å². The fourth-order valence-electron chi connectivity index (χ4n) is 1.35. The van der Waals surface area contributed by atoms with Gasteiger partial charge in [-0.2, -0.15) is 0 Å². The maximum atomic E-state index is 11.8. The Labute approximate surface area is 109 Å². The van der Waals surface area contributed by atoms with Gasteiger partial charge in [0.15, 0.2) is 10.7 Å². The van der Waals surface area contributed by atoms with Crippen molar-refractivity contribution in [2.24, 2.45) is 0 Å². The number of esters is 2. The van der Waals surface area contributed by atoms with Gasteiger partial charge in [0.05, 0.1) is 13.2 Å². The van der Waals surface area contributed by atoms with Crippen molar-refractivity contribution in [2.45, 2.75) is 19.8 Å². The number of aromatic amines is 1. The molecular weight excluding hydrogens is 256 g/mol. The van der Waals surface area contributed by atoms with Crippen molar-refractivity contribution >= 4 is 24.2 Å². The topological polar surface area (TPSA) is 81.3 Å². The maximum absolute atomic E-state index is 11.8. The van der Waals surface area contributed by atoms with Gasteiger partial charge in [-0.05, 0) is 32.1 Å². The Hall–Kier alpha value is -1.76. The molecule has 1 rings (SSSR count). The highest BCUT2D eigenvalue weighted by molar-refractivity contribution is 7.71. The van der Waals surface area contributed by atoms with E-state index in [0.29, 0.717) is 5.69 Å². The van der Waals surface area contributed by atoms with E-state index in [1.807, 2.05) is 0 Å². The van der Waals surface area contributed by atoms with Gasteiger partial charge in [-0.3, -0.25) is 9.59 Å². The van der Waals surface area contributed by atoms with Gasteiger partial charge in [-0.1, -0.05) is 0 Å². The monoisotopic (exact) mass is 270 g/mol. The van der Waals surface area contributed by atoms with E-state index in [1.54, 1.807) is 13.8 Å². The quantitative estimate of drug-likeness (QED) is 0.494. The number of hydrogen-bond acceptors (Lipinski definition) is 6. The highest BCUT2D eigenvalue weighted by Crippen LogP contribution is 2.16. The fraction of sp³-hybridized carbons (Fsp3) is 0.455. The molecule has 0 atom stereocenters. The molecule has 1 aromatic rings. The second-order valence-electron chi connectivity index (χ2n) is 3.27. The van der Waals surface area contributed by atoms with E-state index >= 15 is 0 Å². The molecule has 0 radical (unpaired) electrons. The average molecular weight is 270 g/mol. The Morgan fingerprint density at radius 2 is 1.89 bits per heavy atom. The largest absolute Gasteiger partial charge is 0.465 e. The smallest absolute Gasteiger partial charge is 0.326 e. The van der Waals surface area contributed by atoms with Crippen LogP contribution in [-0.2, 0) is 19.1 Å². The van der Waals surface area contributed by atoms with Crippen molar-refractivity contribution < 1.29 is 19.1 Å². The summed E-state index contributed by atoms with van der Waals surface area (Å²) >= 11 is 4.85. The number of H-pyrrole nitrogens is 1. The third kappa shape index (κ3) is 3.63. The van der Waals surface area contributed by atoms with Gasteiger partial charge in [0, 0.05) is 11.9 Å². The van der Waals surface area contributed by atoms with Crippen molar-refractivity contribution in [1.82, 2.24) is 9.97 Å². The molecule has 98 valence electrons. The van der Waals surface area contributed by atoms with Gasteiger partial charge < -0.3 is 14.5 Å². The number of rotatable bonds is 5. The molecule has 0 fully saturated rings. The van der Waals surface area contributed by atoms with Crippen molar-refractivity contribution in [3.8, 4) is 0 Å². The van der Waals surface area contributed by atoms with Crippen LogP contribution in [0.5, 0.6) is 0 Å².